The topological polar surface area (TPSA) is 49.8 Å². The smallest absolute Gasteiger partial charge is 0.430 e. The molecule has 1 heterocycles. The van der Waals surface area contributed by atoms with Crippen molar-refractivity contribution in [3.63, 3.8) is 0 Å². The third-order valence-corrected chi connectivity index (χ3v) is 10.5. The summed E-state index contributed by atoms with van der Waals surface area (Å²) in [7, 11) is -1.69. The first kappa shape index (κ1) is 39.1. The molecule has 3 aromatic rings. The molecule has 0 bridgehead atoms. The summed E-state index contributed by atoms with van der Waals surface area (Å²) < 4.78 is 133. The molecule has 0 spiro atoms. The number of ether oxygens (including phenoxy) is 4. The maximum atomic E-state index is 14.5. The van der Waals surface area contributed by atoms with E-state index >= 15 is 0 Å². The van der Waals surface area contributed by atoms with E-state index in [1.807, 2.05) is 19.6 Å². The summed E-state index contributed by atoms with van der Waals surface area (Å²) in [6, 6.07) is 8.29. The van der Waals surface area contributed by atoms with Gasteiger partial charge in [0, 0.05) is 38.6 Å². The van der Waals surface area contributed by atoms with Gasteiger partial charge in [0.25, 0.3) is 5.60 Å². The van der Waals surface area contributed by atoms with Gasteiger partial charge < -0.3 is 18.9 Å². The molecule has 0 amide bonds. The molecule has 2 aromatic carbocycles. The quantitative estimate of drug-likeness (QED) is 0.0668. The maximum absolute atomic E-state index is 14.5. The molecule has 0 N–H and O–H groups in total. The maximum Gasteiger partial charge on any atom is 0.430 e. The first-order valence-corrected chi connectivity index (χ1v) is 19.8. The van der Waals surface area contributed by atoms with Gasteiger partial charge in [-0.3, -0.25) is 4.98 Å². The Morgan fingerprint density at radius 1 is 0.857 bits per heavy atom. The Bertz CT molecular complexity index is 1510. The Morgan fingerprint density at radius 2 is 1.45 bits per heavy atom. The van der Waals surface area contributed by atoms with Crippen LogP contribution in [0.25, 0.3) is 0 Å². The molecule has 1 saturated carbocycles. The molecule has 1 atom stereocenters. The third-order valence-electron chi connectivity index (χ3n) is 8.17. The van der Waals surface area contributed by atoms with E-state index in [4.69, 9.17) is 32.7 Å². The number of hydrogen-bond acceptors (Lipinski definition) is 5. The normalized spacial score (nSPS) is 15.3. The summed E-state index contributed by atoms with van der Waals surface area (Å²) in [6.07, 6.45) is -7.14. The van der Waals surface area contributed by atoms with E-state index in [0.717, 1.165) is 18.6 Å². The van der Waals surface area contributed by atoms with E-state index in [1.54, 1.807) is 0 Å². The zero-order chi connectivity index (χ0) is 36.2. The molecule has 270 valence electrons. The van der Waals surface area contributed by atoms with Crippen molar-refractivity contribution in [1.29, 1.82) is 0 Å². The SMILES string of the molecule is C[Si](C)(C)CCOCOC(c1ccc(C(Cc2c(Cl)cncc2Cl)c2ccc(OC(F)F)c(OC3CCC3)c2)cc1)(C(F)(F)F)C(F)(F)F. The Kier molecular flexibility index (Phi) is 12.5. The van der Waals surface area contributed by atoms with Crippen molar-refractivity contribution in [2.45, 2.75) is 88.0 Å². The highest BCUT2D eigenvalue weighted by Crippen LogP contribution is 2.53. The summed E-state index contributed by atoms with van der Waals surface area (Å²) in [4.78, 5) is 3.92. The molecule has 1 aliphatic carbocycles. The average Bonchev–Trinajstić information content (AvgIpc) is 2.95. The minimum Gasteiger partial charge on any atom is -0.487 e. The first-order valence-electron chi connectivity index (χ1n) is 15.3. The molecule has 1 fully saturated rings. The summed E-state index contributed by atoms with van der Waals surface area (Å²) in [5.74, 6) is -1.04. The predicted molar refractivity (Wildman–Crippen MR) is 171 cm³/mol. The van der Waals surface area contributed by atoms with E-state index in [1.165, 1.54) is 30.6 Å². The monoisotopic (exact) mass is 759 g/mol. The predicted octanol–water partition coefficient (Wildman–Crippen LogP) is 10.9. The molecule has 49 heavy (non-hydrogen) atoms. The van der Waals surface area contributed by atoms with Gasteiger partial charge in [0.1, 0.15) is 6.79 Å². The van der Waals surface area contributed by atoms with Gasteiger partial charge in [-0.1, -0.05) is 73.2 Å². The van der Waals surface area contributed by atoms with Crippen LogP contribution in [0.3, 0.4) is 0 Å². The lowest BCUT2D eigenvalue weighted by Gasteiger charge is -2.37. The second kappa shape index (κ2) is 15.7. The number of rotatable bonds is 15. The van der Waals surface area contributed by atoms with Crippen molar-refractivity contribution in [2.75, 3.05) is 13.4 Å². The lowest BCUT2D eigenvalue weighted by Crippen LogP contribution is -2.56. The molecule has 0 saturated heterocycles. The highest BCUT2D eigenvalue weighted by Gasteiger charge is 2.73. The Labute approximate surface area is 289 Å². The van der Waals surface area contributed by atoms with Gasteiger partial charge in [-0.25, -0.2) is 0 Å². The van der Waals surface area contributed by atoms with E-state index in [0.29, 0.717) is 42.1 Å². The van der Waals surface area contributed by atoms with Crippen LogP contribution >= 0.6 is 23.2 Å². The number of benzene rings is 2. The zero-order valence-electron chi connectivity index (χ0n) is 26.7. The van der Waals surface area contributed by atoms with Crippen LogP contribution in [0.15, 0.2) is 54.9 Å². The van der Waals surface area contributed by atoms with Crippen LogP contribution < -0.4 is 9.47 Å². The molecular formula is C33H35Cl2F8NO4Si. The largest absolute Gasteiger partial charge is 0.487 e. The third kappa shape index (κ3) is 9.57. The van der Waals surface area contributed by atoms with E-state index in [9.17, 15) is 35.1 Å². The van der Waals surface area contributed by atoms with Crippen molar-refractivity contribution in [2.24, 2.45) is 0 Å². The fourth-order valence-corrected chi connectivity index (χ4v) is 6.49. The van der Waals surface area contributed by atoms with Gasteiger partial charge in [-0.15, -0.1) is 0 Å². The fourth-order valence-electron chi connectivity index (χ4n) is 5.21. The average molecular weight is 761 g/mol. The van der Waals surface area contributed by atoms with Crippen molar-refractivity contribution in [3.05, 3.63) is 87.2 Å². The van der Waals surface area contributed by atoms with Gasteiger partial charge >= 0.3 is 19.0 Å². The standard InChI is InChI=1S/C33H35Cl2F8NO4Si/c1-49(2,3)14-13-45-19-46-31(32(38,39)40,33(41,42)43)22-10-7-20(8-11-22)24(16-25-26(34)17-44-18-27(25)35)21-9-12-28(48-30(36)37)29(15-21)47-23-5-4-6-23/h7-12,15,17-18,23-24,30H,4-6,13-14,16,19H2,1-3H3. The number of aromatic nitrogens is 1. The van der Waals surface area contributed by atoms with Gasteiger partial charge in [0.05, 0.1) is 16.1 Å². The molecule has 0 radical (unpaired) electrons. The van der Waals surface area contributed by atoms with E-state index in [2.05, 4.69) is 14.5 Å². The van der Waals surface area contributed by atoms with Crippen molar-refractivity contribution in [3.8, 4) is 11.5 Å². The highest BCUT2D eigenvalue weighted by molar-refractivity contribution is 6.76. The summed E-state index contributed by atoms with van der Waals surface area (Å²) in [6.45, 7) is 1.48. The second-order valence-corrected chi connectivity index (χ2v) is 19.3. The minimum absolute atomic E-state index is 0.00255. The number of hydrogen-bond donors (Lipinski definition) is 0. The summed E-state index contributed by atoms with van der Waals surface area (Å²) >= 11 is 12.8. The fraction of sp³-hybridized carbons (Fsp3) is 0.485. The van der Waals surface area contributed by atoms with Crippen LogP contribution in [0, 0.1) is 0 Å². The Hall–Kier alpha value is -2.65. The zero-order valence-corrected chi connectivity index (χ0v) is 29.2. The summed E-state index contributed by atoms with van der Waals surface area (Å²) in [5.41, 5.74) is -4.84. The van der Waals surface area contributed by atoms with Crippen molar-refractivity contribution in [1.82, 2.24) is 4.98 Å². The molecular weight excluding hydrogens is 725 g/mol. The Balaban J connectivity index is 1.77. The molecule has 1 aromatic heterocycles. The van der Waals surface area contributed by atoms with E-state index in [-0.39, 0.29) is 46.2 Å². The molecule has 16 heteroatoms. The Morgan fingerprint density at radius 3 is 1.96 bits per heavy atom. The number of pyridine rings is 1. The highest BCUT2D eigenvalue weighted by atomic mass is 35.5. The minimum atomic E-state index is -5.92. The van der Waals surface area contributed by atoms with Crippen LogP contribution in [-0.4, -0.2) is 51.5 Å². The van der Waals surface area contributed by atoms with E-state index < -0.39 is 50.9 Å². The van der Waals surface area contributed by atoms with Crippen LogP contribution in [0.5, 0.6) is 11.5 Å². The van der Waals surface area contributed by atoms with Crippen molar-refractivity contribution < 1.29 is 54.1 Å². The lowest BCUT2D eigenvalue weighted by atomic mass is 9.83. The van der Waals surface area contributed by atoms with Gasteiger partial charge in [-0.2, -0.15) is 35.1 Å². The van der Waals surface area contributed by atoms with Crippen LogP contribution in [0.4, 0.5) is 35.1 Å². The van der Waals surface area contributed by atoms with Crippen molar-refractivity contribution >= 4 is 31.3 Å². The lowest BCUT2D eigenvalue weighted by molar-refractivity contribution is -0.401. The summed E-state index contributed by atoms with van der Waals surface area (Å²) in [5, 5.41) is 0.321. The molecule has 0 aliphatic heterocycles. The number of halogens is 10. The van der Waals surface area contributed by atoms with Gasteiger partial charge in [-0.05, 0) is 60.6 Å². The van der Waals surface area contributed by atoms with Crippen LogP contribution in [-0.2, 0) is 21.5 Å². The first-order chi connectivity index (χ1) is 22.8. The van der Waals surface area contributed by atoms with Gasteiger partial charge in [0.15, 0.2) is 11.5 Å². The molecule has 5 nitrogen and oxygen atoms in total. The van der Waals surface area contributed by atoms with Gasteiger partial charge in [0.2, 0.25) is 0 Å². The van der Waals surface area contributed by atoms with Crippen LogP contribution in [0.1, 0.15) is 47.4 Å². The number of alkyl halides is 8. The number of nitrogens with zero attached hydrogens (tertiary/aromatic N) is 1. The molecule has 4 rings (SSSR count). The molecule has 1 unspecified atom stereocenters. The second-order valence-electron chi connectivity index (χ2n) is 12.9. The molecule has 1 aliphatic rings. The van der Waals surface area contributed by atoms with Crippen LogP contribution in [0.2, 0.25) is 35.7 Å².